The molecule has 0 unspecified atom stereocenters. The molecule has 0 saturated carbocycles. The van der Waals surface area contributed by atoms with Crippen molar-refractivity contribution in [2.24, 2.45) is 0 Å². The number of aromatic nitrogens is 1. The lowest BCUT2D eigenvalue weighted by Gasteiger charge is -1.75. The Balaban J connectivity index is 2.71. The van der Waals surface area contributed by atoms with Gasteiger partial charge in [0.1, 0.15) is 11.5 Å². The number of hydrogen-bond acceptors (Lipinski definition) is 4. The predicted octanol–water partition coefficient (Wildman–Crippen LogP) is 1.23. The lowest BCUT2D eigenvalue weighted by atomic mass is 10.4. The number of hydrogen-bond donors (Lipinski definition) is 0. The molecule has 1 heterocycles. The van der Waals surface area contributed by atoms with Gasteiger partial charge in [-0.25, -0.2) is 0 Å². The predicted molar refractivity (Wildman–Crippen MR) is 37.3 cm³/mol. The lowest BCUT2D eigenvalue weighted by molar-refractivity contribution is -0.401. The molecule has 0 saturated heterocycles. The van der Waals surface area contributed by atoms with Gasteiger partial charge in [0, 0.05) is 12.1 Å². The molecule has 0 radical (unpaired) electrons. The van der Waals surface area contributed by atoms with Gasteiger partial charge in [0.15, 0.2) is 0 Å². The second-order valence-electron chi connectivity index (χ2n) is 1.96. The first-order valence-corrected chi connectivity index (χ1v) is 2.93. The summed E-state index contributed by atoms with van der Waals surface area (Å²) in [4.78, 5) is 9.29. The molecule has 5 nitrogen and oxygen atoms in total. The summed E-state index contributed by atoms with van der Waals surface area (Å²) in [6.07, 6.45) is 2.09. The summed E-state index contributed by atoms with van der Waals surface area (Å²) < 4.78 is 4.67. The Bertz CT molecular complexity index is 290. The van der Waals surface area contributed by atoms with Gasteiger partial charge in [-0.2, -0.15) is 0 Å². The molecule has 0 aliphatic carbocycles. The molecular formula is C6H6N2O3. The molecule has 0 amide bonds. The molecule has 0 aromatic carbocycles. The molecule has 1 rings (SSSR count). The maximum atomic E-state index is 9.84. The van der Waals surface area contributed by atoms with E-state index in [9.17, 15) is 10.1 Å². The molecule has 0 fully saturated rings. The van der Waals surface area contributed by atoms with E-state index in [0.717, 1.165) is 6.20 Å². The van der Waals surface area contributed by atoms with E-state index in [1.54, 1.807) is 13.0 Å². The zero-order valence-electron chi connectivity index (χ0n) is 5.85. The fraction of sp³-hybridized carbons (Fsp3) is 0.167. The van der Waals surface area contributed by atoms with Crippen LogP contribution < -0.4 is 0 Å². The molecule has 1 aromatic heterocycles. The van der Waals surface area contributed by atoms with Crippen LogP contribution in [0.3, 0.4) is 0 Å². The van der Waals surface area contributed by atoms with Crippen molar-refractivity contribution in [3.05, 3.63) is 33.8 Å². The van der Waals surface area contributed by atoms with Gasteiger partial charge in [-0.3, -0.25) is 10.1 Å². The summed E-state index contributed by atoms with van der Waals surface area (Å²) in [6, 6.07) is 1.61. The van der Waals surface area contributed by atoms with Crippen molar-refractivity contribution in [1.82, 2.24) is 5.16 Å². The standard InChI is InChI=1S/C6H6N2O3/c1-5-4-6(7-11-5)2-3-8(9)10/h2-4H,1H3/b3-2+. The second kappa shape index (κ2) is 2.96. The minimum absolute atomic E-state index is 0.458. The highest BCUT2D eigenvalue weighted by Crippen LogP contribution is 2.02. The first-order chi connectivity index (χ1) is 5.18. The van der Waals surface area contributed by atoms with Crippen LogP contribution in [-0.4, -0.2) is 10.1 Å². The summed E-state index contributed by atoms with van der Waals surface area (Å²) in [7, 11) is 0. The minimum atomic E-state index is -0.552. The molecule has 0 bridgehead atoms. The summed E-state index contributed by atoms with van der Waals surface area (Å²) >= 11 is 0. The fourth-order valence-electron chi connectivity index (χ4n) is 0.601. The third-order valence-electron chi connectivity index (χ3n) is 1.01. The van der Waals surface area contributed by atoms with Gasteiger partial charge >= 0.3 is 0 Å². The van der Waals surface area contributed by atoms with Gasteiger partial charge in [0.05, 0.1) is 4.92 Å². The molecule has 0 spiro atoms. The van der Waals surface area contributed by atoms with Gasteiger partial charge in [0.25, 0.3) is 0 Å². The van der Waals surface area contributed by atoms with Crippen LogP contribution in [0.25, 0.3) is 6.08 Å². The molecule has 1 aromatic rings. The Hall–Kier alpha value is -1.65. The Labute approximate surface area is 62.5 Å². The van der Waals surface area contributed by atoms with E-state index in [2.05, 4.69) is 9.68 Å². The normalized spacial score (nSPS) is 10.6. The van der Waals surface area contributed by atoms with E-state index < -0.39 is 4.92 Å². The number of nitro groups is 1. The van der Waals surface area contributed by atoms with Crippen molar-refractivity contribution >= 4 is 6.08 Å². The number of nitrogens with zero attached hydrogens (tertiary/aromatic N) is 2. The topological polar surface area (TPSA) is 69.2 Å². The van der Waals surface area contributed by atoms with Crippen molar-refractivity contribution < 1.29 is 9.45 Å². The highest BCUT2D eigenvalue weighted by Gasteiger charge is 1.95. The number of aryl methyl sites for hydroxylation is 1. The SMILES string of the molecule is Cc1cc(/C=C/[N+](=O)[O-])no1. The lowest BCUT2D eigenvalue weighted by Crippen LogP contribution is -1.81. The van der Waals surface area contributed by atoms with Crippen LogP contribution in [0.4, 0.5) is 0 Å². The van der Waals surface area contributed by atoms with Crippen LogP contribution in [0.5, 0.6) is 0 Å². The quantitative estimate of drug-likeness (QED) is 0.474. The van der Waals surface area contributed by atoms with Gasteiger partial charge < -0.3 is 4.52 Å². The Morgan fingerprint density at radius 1 is 1.82 bits per heavy atom. The van der Waals surface area contributed by atoms with Crippen molar-refractivity contribution in [2.75, 3.05) is 0 Å². The summed E-state index contributed by atoms with van der Waals surface area (Å²) in [5, 5.41) is 13.4. The van der Waals surface area contributed by atoms with Gasteiger partial charge in [-0.15, -0.1) is 0 Å². The van der Waals surface area contributed by atoms with Gasteiger partial charge in [-0.1, -0.05) is 5.16 Å². The molecule has 5 heteroatoms. The summed E-state index contributed by atoms with van der Waals surface area (Å²) in [5.74, 6) is 0.632. The van der Waals surface area contributed by atoms with Crippen LogP contribution in [0.2, 0.25) is 0 Å². The number of rotatable bonds is 2. The zero-order valence-corrected chi connectivity index (χ0v) is 5.85. The van der Waals surface area contributed by atoms with E-state index in [1.165, 1.54) is 6.08 Å². The molecule has 0 aliphatic rings. The maximum Gasteiger partial charge on any atom is 0.236 e. The van der Waals surface area contributed by atoms with E-state index >= 15 is 0 Å². The smallest absolute Gasteiger partial charge is 0.236 e. The second-order valence-corrected chi connectivity index (χ2v) is 1.96. The van der Waals surface area contributed by atoms with E-state index in [1.807, 2.05) is 0 Å². The van der Waals surface area contributed by atoms with E-state index in [4.69, 9.17) is 0 Å². The zero-order chi connectivity index (χ0) is 8.27. The van der Waals surface area contributed by atoms with Crippen molar-refractivity contribution in [3.8, 4) is 0 Å². The van der Waals surface area contributed by atoms with Crippen LogP contribution in [0.15, 0.2) is 16.8 Å². The van der Waals surface area contributed by atoms with Crippen LogP contribution in [-0.2, 0) is 0 Å². The minimum Gasteiger partial charge on any atom is -0.361 e. The molecule has 0 aliphatic heterocycles. The summed E-state index contributed by atoms with van der Waals surface area (Å²) in [6.45, 7) is 1.72. The van der Waals surface area contributed by atoms with Crippen LogP contribution >= 0.6 is 0 Å². The summed E-state index contributed by atoms with van der Waals surface area (Å²) in [5.41, 5.74) is 0.458. The van der Waals surface area contributed by atoms with Crippen LogP contribution in [0.1, 0.15) is 11.5 Å². The Morgan fingerprint density at radius 3 is 3.00 bits per heavy atom. The first kappa shape index (κ1) is 7.46. The maximum absolute atomic E-state index is 9.84. The molecule has 11 heavy (non-hydrogen) atoms. The average Bonchev–Trinajstić information content (AvgIpc) is 2.31. The van der Waals surface area contributed by atoms with Crippen molar-refractivity contribution in [3.63, 3.8) is 0 Å². The highest BCUT2D eigenvalue weighted by molar-refractivity contribution is 5.41. The average molecular weight is 154 g/mol. The van der Waals surface area contributed by atoms with Gasteiger partial charge in [0.2, 0.25) is 6.20 Å². The Kier molecular flexibility index (Phi) is 2.00. The van der Waals surface area contributed by atoms with E-state index in [-0.39, 0.29) is 0 Å². The fourth-order valence-corrected chi connectivity index (χ4v) is 0.601. The molecule has 0 N–H and O–H groups in total. The third-order valence-corrected chi connectivity index (χ3v) is 1.01. The van der Waals surface area contributed by atoms with E-state index in [0.29, 0.717) is 11.5 Å². The largest absolute Gasteiger partial charge is 0.361 e. The first-order valence-electron chi connectivity index (χ1n) is 2.93. The Morgan fingerprint density at radius 2 is 2.55 bits per heavy atom. The highest BCUT2D eigenvalue weighted by atomic mass is 16.6. The molecular weight excluding hydrogens is 148 g/mol. The van der Waals surface area contributed by atoms with Crippen molar-refractivity contribution in [2.45, 2.75) is 6.92 Å². The van der Waals surface area contributed by atoms with Crippen LogP contribution in [0, 0.1) is 17.0 Å². The monoisotopic (exact) mass is 154 g/mol. The van der Waals surface area contributed by atoms with Crippen molar-refractivity contribution in [1.29, 1.82) is 0 Å². The molecule has 0 atom stereocenters. The molecule has 58 valence electrons. The third kappa shape index (κ3) is 2.21. The van der Waals surface area contributed by atoms with Gasteiger partial charge in [-0.05, 0) is 6.92 Å².